The molecule has 4 heteroatoms. The van der Waals surface area contributed by atoms with Gasteiger partial charge in [0.2, 0.25) is 0 Å². The van der Waals surface area contributed by atoms with Gasteiger partial charge in [-0.05, 0) is 18.6 Å². The average molecular weight is 230 g/mol. The Morgan fingerprint density at radius 3 is 3.12 bits per heavy atom. The zero-order valence-corrected chi connectivity index (χ0v) is 9.64. The molecule has 1 aliphatic heterocycles. The summed E-state index contributed by atoms with van der Waals surface area (Å²) in [5.74, 6) is 0.451. The molecule has 0 fully saturated rings. The van der Waals surface area contributed by atoms with Gasteiger partial charge in [0.05, 0.1) is 12.0 Å². The molecule has 88 valence electrons. The zero-order valence-electron chi connectivity index (χ0n) is 9.64. The van der Waals surface area contributed by atoms with Gasteiger partial charge in [0.15, 0.2) is 6.10 Å². The van der Waals surface area contributed by atoms with E-state index >= 15 is 0 Å². The summed E-state index contributed by atoms with van der Waals surface area (Å²) in [4.78, 5) is 11.8. The largest absolute Gasteiger partial charge is 0.480 e. The second-order valence-corrected chi connectivity index (χ2v) is 4.19. The average Bonchev–Trinajstić information content (AvgIpc) is 2.79. The minimum atomic E-state index is -0.460. The first kappa shape index (κ1) is 11.5. The van der Waals surface area contributed by atoms with E-state index in [1.165, 1.54) is 0 Å². The lowest BCUT2D eigenvalue weighted by molar-refractivity contribution is -0.127. The molecule has 0 bridgehead atoms. The van der Waals surface area contributed by atoms with Crippen molar-refractivity contribution in [2.24, 2.45) is 5.92 Å². The van der Waals surface area contributed by atoms with Crippen molar-refractivity contribution < 1.29 is 9.53 Å². The van der Waals surface area contributed by atoms with Crippen LogP contribution >= 0.6 is 0 Å². The van der Waals surface area contributed by atoms with Crippen LogP contribution in [0.4, 0.5) is 0 Å². The number of ether oxygens (including phenoxy) is 1. The van der Waals surface area contributed by atoms with Crippen molar-refractivity contribution in [3.8, 4) is 11.8 Å². The van der Waals surface area contributed by atoms with E-state index in [4.69, 9.17) is 10.00 Å². The molecule has 4 nitrogen and oxygen atoms in total. The summed E-state index contributed by atoms with van der Waals surface area (Å²) in [5.41, 5.74) is 1.06. The van der Waals surface area contributed by atoms with Crippen molar-refractivity contribution in [3.05, 3.63) is 29.8 Å². The van der Waals surface area contributed by atoms with Crippen molar-refractivity contribution in [2.45, 2.75) is 19.4 Å². The molecule has 0 radical (unpaired) electrons. The SMILES string of the molecule is CC(C#N)CNC(=O)C1Cc2ccccc2O1. The number of nitriles is 1. The normalized spacial score (nSPS) is 18.7. The summed E-state index contributed by atoms with van der Waals surface area (Å²) in [5, 5.41) is 11.3. The molecule has 1 aromatic rings. The summed E-state index contributed by atoms with van der Waals surface area (Å²) in [6.07, 6.45) is 0.140. The number of carbonyl (C=O) groups excluding carboxylic acids is 1. The van der Waals surface area contributed by atoms with Crippen molar-refractivity contribution in [1.29, 1.82) is 5.26 Å². The van der Waals surface area contributed by atoms with Crippen LogP contribution in [0.2, 0.25) is 0 Å². The maximum atomic E-state index is 11.8. The van der Waals surface area contributed by atoms with Crippen LogP contribution in [0.25, 0.3) is 0 Å². The van der Waals surface area contributed by atoms with Crippen LogP contribution in [-0.2, 0) is 11.2 Å². The molecule has 0 spiro atoms. The Kier molecular flexibility index (Phi) is 3.29. The second-order valence-electron chi connectivity index (χ2n) is 4.19. The summed E-state index contributed by atoms with van der Waals surface area (Å²) in [6.45, 7) is 2.13. The van der Waals surface area contributed by atoms with E-state index < -0.39 is 6.10 Å². The van der Waals surface area contributed by atoms with E-state index in [-0.39, 0.29) is 11.8 Å². The van der Waals surface area contributed by atoms with E-state index in [1.807, 2.05) is 24.3 Å². The van der Waals surface area contributed by atoms with E-state index in [0.717, 1.165) is 11.3 Å². The molecule has 1 heterocycles. The summed E-state index contributed by atoms with van der Waals surface area (Å²) in [6, 6.07) is 9.71. The van der Waals surface area contributed by atoms with Gasteiger partial charge in [0.25, 0.3) is 5.91 Å². The number of amides is 1. The Balaban J connectivity index is 1.90. The van der Waals surface area contributed by atoms with Crippen LogP contribution in [0, 0.1) is 17.2 Å². The molecule has 0 aromatic heterocycles. The van der Waals surface area contributed by atoms with Crippen LogP contribution in [0.5, 0.6) is 5.75 Å². The predicted molar refractivity (Wildman–Crippen MR) is 62.3 cm³/mol. The fourth-order valence-corrected chi connectivity index (χ4v) is 1.74. The zero-order chi connectivity index (χ0) is 12.3. The van der Waals surface area contributed by atoms with Crippen LogP contribution in [0.15, 0.2) is 24.3 Å². The molecule has 1 amide bonds. The van der Waals surface area contributed by atoms with Crippen LogP contribution < -0.4 is 10.1 Å². The third-order valence-corrected chi connectivity index (χ3v) is 2.74. The number of nitrogens with one attached hydrogen (secondary N) is 1. The Morgan fingerprint density at radius 2 is 2.41 bits per heavy atom. The molecular weight excluding hydrogens is 216 g/mol. The van der Waals surface area contributed by atoms with Crippen LogP contribution in [-0.4, -0.2) is 18.6 Å². The van der Waals surface area contributed by atoms with Gasteiger partial charge in [-0.2, -0.15) is 5.26 Å². The number of para-hydroxylation sites is 1. The van der Waals surface area contributed by atoms with E-state index in [1.54, 1.807) is 6.92 Å². The van der Waals surface area contributed by atoms with Gasteiger partial charge >= 0.3 is 0 Å². The minimum absolute atomic E-state index is 0.150. The molecule has 0 saturated heterocycles. The minimum Gasteiger partial charge on any atom is -0.480 e. The lowest BCUT2D eigenvalue weighted by Gasteiger charge is -2.11. The number of rotatable bonds is 3. The van der Waals surface area contributed by atoms with Gasteiger partial charge in [-0.1, -0.05) is 18.2 Å². The first-order chi connectivity index (χ1) is 8.20. The third-order valence-electron chi connectivity index (χ3n) is 2.74. The number of carbonyl (C=O) groups is 1. The lowest BCUT2D eigenvalue weighted by atomic mass is 10.1. The van der Waals surface area contributed by atoms with Gasteiger partial charge < -0.3 is 10.1 Å². The first-order valence-corrected chi connectivity index (χ1v) is 5.62. The van der Waals surface area contributed by atoms with Crippen molar-refractivity contribution in [2.75, 3.05) is 6.54 Å². The van der Waals surface area contributed by atoms with Gasteiger partial charge in [-0.25, -0.2) is 0 Å². The fourth-order valence-electron chi connectivity index (χ4n) is 1.74. The molecule has 0 saturated carbocycles. The highest BCUT2D eigenvalue weighted by Gasteiger charge is 2.28. The Bertz CT molecular complexity index is 440. The quantitative estimate of drug-likeness (QED) is 0.850. The number of fused-ring (bicyclic) bond motifs is 1. The van der Waals surface area contributed by atoms with Gasteiger partial charge in [-0.15, -0.1) is 0 Å². The fraction of sp³-hybridized carbons (Fsp3) is 0.385. The van der Waals surface area contributed by atoms with E-state index in [9.17, 15) is 4.79 Å². The number of nitrogens with zero attached hydrogens (tertiary/aromatic N) is 1. The molecule has 2 rings (SSSR count). The number of hydrogen-bond donors (Lipinski definition) is 1. The maximum Gasteiger partial charge on any atom is 0.261 e. The maximum absolute atomic E-state index is 11.8. The molecule has 2 atom stereocenters. The third kappa shape index (κ3) is 2.56. The number of hydrogen-bond acceptors (Lipinski definition) is 3. The highest BCUT2D eigenvalue weighted by atomic mass is 16.5. The smallest absolute Gasteiger partial charge is 0.261 e. The number of benzene rings is 1. The summed E-state index contributed by atoms with van der Waals surface area (Å²) >= 11 is 0. The van der Waals surface area contributed by atoms with Crippen molar-refractivity contribution in [1.82, 2.24) is 5.32 Å². The Hall–Kier alpha value is -2.02. The molecule has 0 aliphatic carbocycles. The molecular formula is C13H14N2O2. The monoisotopic (exact) mass is 230 g/mol. The topological polar surface area (TPSA) is 62.1 Å². The molecule has 1 aliphatic rings. The first-order valence-electron chi connectivity index (χ1n) is 5.62. The standard InChI is InChI=1S/C13H14N2O2/c1-9(7-14)8-15-13(16)12-6-10-4-2-3-5-11(10)17-12/h2-5,9,12H,6,8H2,1H3,(H,15,16). The predicted octanol–water partition coefficient (Wildman–Crippen LogP) is 1.27. The van der Waals surface area contributed by atoms with Crippen LogP contribution in [0.1, 0.15) is 12.5 Å². The highest BCUT2D eigenvalue weighted by Crippen LogP contribution is 2.27. The Morgan fingerprint density at radius 1 is 1.65 bits per heavy atom. The van der Waals surface area contributed by atoms with E-state index in [2.05, 4.69) is 11.4 Å². The van der Waals surface area contributed by atoms with Crippen LogP contribution in [0.3, 0.4) is 0 Å². The highest BCUT2D eigenvalue weighted by molar-refractivity contribution is 5.82. The van der Waals surface area contributed by atoms with E-state index in [0.29, 0.717) is 13.0 Å². The van der Waals surface area contributed by atoms with Crippen molar-refractivity contribution in [3.63, 3.8) is 0 Å². The molecule has 17 heavy (non-hydrogen) atoms. The molecule has 1 aromatic carbocycles. The molecule has 2 unspecified atom stereocenters. The molecule has 1 N–H and O–H groups in total. The van der Waals surface area contributed by atoms with Gasteiger partial charge in [0, 0.05) is 13.0 Å². The second kappa shape index (κ2) is 4.88. The van der Waals surface area contributed by atoms with Gasteiger partial charge in [0.1, 0.15) is 5.75 Å². The van der Waals surface area contributed by atoms with Gasteiger partial charge in [-0.3, -0.25) is 4.79 Å². The van der Waals surface area contributed by atoms with Crippen molar-refractivity contribution >= 4 is 5.91 Å². The Labute approximate surface area is 100 Å². The summed E-state index contributed by atoms with van der Waals surface area (Å²) < 4.78 is 5.54. The lowest BCUT2D eigenvalue weighted by Crippen LogP contribution is -2.39. The summed E-state index contributed by atoms with van der Waals surface area (Å²) in [7, 11) is 0.